The van der Waals surface area contributed by atoms with E-state index in [4.69, 9.17) is 9.47 Å². The summed E-state index contributed by atoms with van der Waals surface area (Å²) in [5.74, 6) is 0.336. The summed E-state index contributed by atoms with van der Waals surface area (Å²) in [7, 11) is 1.62. The van der Waals surface area contributed by atoms with Crippen molar-refractivity contribution in [3.8, 4) is 0 Å². The van der Waals surface area contributed by atoms with E-state index < -0.39 is 0 Å². The van der Waals surface area contributed by atoms with E-state index in [1.165, 1.54) is 0 Å². The number of ether oxygens (including phenoxy) is 2. The molecule has 0 fully saturated rings. The molecule has 9 heavy (non-hydrogen) atoms. The van der Waals surface area contributed by atoms with Crippen molar-refractivity contribution in [1.82, 2.24) is 0 Å². The predicted molar refractivity (Wildman–Crippen MR) is 36.9 cm³/mol. The second-order valence-corrected chi connectivity index (χ2v) is 2.24. The van der Waals surface area contributed by atoms with E-state index >= 15 is 0 Å². The van der Waals surface area contributed by atoms with Gasteiger partial charge in [0, 0.05) is 7.11 Å². The molecule has 0 aromatic rings. The summed E-state index contributed by atoms with van der Waals surface area (Å²) in [4.78, 5) is 0. The molecule has 0 aromatic heterocycles. The van der Waals surface area contributed by atoms with Crippen LogP contribution < -0.4 is 0 Å². The lowest BCUT2D eigenvalue weighted by Crippen LogP contribution is -2.13. The van der Waals surface area contributed by atoms with Crippen molar-refractivity contribution in [1.29, 1.82) is 0 Å². The van der Waals surface area contributed by atoms with E-state index in [1.54, 1.807) is 7.11 Å². The molecule has 2 unspecified atom stereocenters. The highest BCUT2D eigenvalue weighted by Gasteiger charge is 1.99. The molecule has 0 aliphatic rings. The lowest BCUT2D eigenvalue weighted by molar-refractivity contribution is -0.115. The van der Waals surface area contributed by atoms with E-state index in [-0.39, 0.29) is 6.29 Å². The maximum atomic E-state index is 5.17. The van der Waals surface area contributed by atoms with Crippen molar-refractivity contribution in [3.05, 3.63) is 6.92 Å². The number of methoxy groups -OCH3 is 1. The molecule has 0 aliphatic heterocycles. The Hall–Kier alpha value is -0.0800. The minimum atomic E-state index is -0.103. The van der Waals surface area contributed by atoms with Gasteiger partial charge in [0.1, 0.15) is 0 Å². The summed E-state index contributed by atoms with van der Waals surface area (Å²) in [6.45, 7) is 8.29. The van der Waals surface area contributed by atoms with Gasteiger partial charge >= 0.3 is 0 Å². The van der Waals surface area contributed by atoms with Crippen LogP contribution in [-0.4, -0.2) is 20.0 Å². The highest BCUT2D eigenvalue weighted by atomic mass is 16.7. The fourth-order valence-electron chi connectivity index (χ4n) is 0.368. The predicted octanol–water partition coefficient (Wildman–Crippen LogP) is 1.47. The van der Waals surface area contributed by atoms with Crippen molar-refractivity contribution < 1.29 is 9.47 Å². The Morgan fingerprint density at radius 3 is 2.33 bits per heavy atom. The second-order valence-electron chi connectivity index (χ2n) is 2.24. The fourth-order valence-corrected chi connectivity index (χ4v) is 0.368. The molecule has 0 rings (SSSR count). The molecule has 0 bridgehead atoms. The van der Waals surface area contributed by atoms with Gasteiger partial charge in [0.05, 0.1) is 6.61 Å². The average molecular weight is 131 g/mol. The quantitative estimate of drug-likeness (QED) is 0.538. The molecule has 0 saturated heterocycles. The van der Waals surface area contributed by atoms with Crippen LogP contribution in [0.25, 0.3) is 0 Å². The third-order valence-corrected chi connectivity index (χ3v) is 0.947. The molecule has 2 nitrogen and oxygen atoms in total. The molecule has 55 valence electrons. The van der Waals surface area contributed by atoms with Crippen LogP contribution >= 0.6 is 0 Å². The lowest BCUT2D eigenvalue weighted by Gasteiger charge is -2.11. The molecule has 0 aromatic carbocycles. The Labute approximate surface area is 57.2 Å². The van der Waals surface area contributed by atoms with Crippen LogP contribution in [0.4, 0.5) is 0 Å². The van der Waals surface area contributed by atoms with Gasteiger partial charge in [0.25, 0.3) is 0 Å². The lowest BCUT2D eigenvalue weighted by atomic mass is 10.2. The van der Waals surface area contributed by atoms with Crippen LogP contribution in [-0.2, 0) is 9.47 Å². The van der Waals surface area contributed by atoms with Crippen molar-refractivity contribution in [3.63, 3.8) is 0 Å². The Kier molecular flexibility index (Phi) is 4.72. The molecule has 2 heteroatoms. The van der Waals surface area contributed by atoms with Crippen LogP contribution in [0.5, 0.6) is 0 Å². The monoisotopic (exact) mass is 131 g/mol. The van der Waals surface area contributed by atoms with Crippen LogP contribution in [0.2, 0.25) is 0 Å². The van der Waals surface area contributed by atoms with Crippen LogP contribution in [0.1, 0.15) is 13.8 Å². The Morgan fingerprint density at radius 2 is 2.00 bits per heavy atom. The zero-order valence-electron chi connectivity index (χ0n) is 6.39. The van der Waals surface area contributed by atoms with Gasteiger partial charge in [-0.25, -0.2) is 0 Å². The SMILES string of the molecule is [CH2]C(C)COC(C)OC. The normalized spacial score (nSPS) is 14.3. The van der Waals surface area contributed by atoms with E-state index in [0.717, 1.165) is 0 Å². The Balaban J connectivity index is 3.06. The first-order valence-corrected chi connectivity index (χ1v) is 3.14. The van der Waals surface area contributed by atoms with Crippen LogP contribution in [0.3, 0.4) is 0 Å². The van der Waals surface area contributed by atoms with Gasteiger partial charge in [-0.2, -0.15) is 0 Å². The molecular formula is C7H15O2. The molecule has 0 saturated carbocycles. The van der Waals surface area contributed by atoms with E-state index in [0.29, 0.717) is 12.5 Å². The Morgan fingerprint density at radius 1 is 1.44 bits per heavy atom. The zero-order chi connectivity index (χ0) is 7.28. The van der Waals surface area contributed by atoms with Crippen molar-refractivity contribution in [2.24, 2.45) is 5.92 Å². The van der Waals surface area contributed by atoms with Crippen molar-refractivity contribution in [2.75, 3.05) is 13.7 Å². The molecule has 0 heterocycles. The second kappa shape index (κ2) is 4.77. The topological polar surface area (TPSA) is 18.5 Å². The first-order chi connectivity index (χ1) is 4.16. The van der Waals surface area contributed by atoms with E-state index in [9.17, 15) is 0 Å². The first kappa shape index (κ1) is 8.92. The highest BCUT2D eigenvalue weighted by molar-refractivity contribution is 4.50. The first-order valence-electron chi connectivity index (χ1n) is 3.14. The maximum Gasteiger partial charge on any atom is 0.154 e. The highest BCUT2D eigenvalue weighted by Crippen LogP contribution is 1.96. The fraction of sp³-hybridized carbons (Fsp3) is 0.857. The zero-order valence-corrected chi connectivity index (χ0v) is 6.39. The van der Waals surface area contributed by atoms with Gasteiger partial charge in [-0.05, 0) is 19.8 Å². The smallest absolute Gasteiger partial charge is 0.154 e. The standard InChI is InChI=1S/C7H15O2/c1-6(2)5-9-7(3)8-4/h6-7H,1,5H2,2-4H3. The summed E-state index contributed by atoms with van der Waals surface area (Å²) >= 11 is 0. The van der Waals surface area contributed by atoms with Crippen LogP contribution in [0, 0.1) is 12.8 Å². The summed E-state index contributed by atoms with van der Waals surface area (Å²) in [5.41, 5.74) is 0. The molecule has 1 radical (unpaired) electrons. The summed E-state index contributed by atoms with van der Waals surface area (Å²) < 4.78 is 10.0. The van der Waals surface area contributed by atoms with Gasteiger partial charge in [-0.15, -0.1) is 0 Å². The van der Waals surface area contributed by atoms with Crippen molar-refractivity contribution in [2.45, 2.75) is 20.1 Å². The number of hydrogen-bond donors (Lipinski definition) is 0. The largest absolute Gasteiger partial charge is 0.356 e. The summed E-state index contributed by atoms with van der Waals surface area (Å²) in [6, 6.07) is 0. The molecular weight excluding hydrogens is 116 g/mol. The van der Waals surface area contributed by atoms with E-state index in [1.807, 2.05) is 13.8 Å². The summed E-state index contributed by atoms with van der Waals surface area (Å²) in [5, 5.41) is 0. The number of hydrogen-bond acceptors (Lipinski definition) is 2. The maximum absolute atomic E-state index is 5.17. The minimum absolute atomic E-state index is 0.103. The van der Waals surface area contributed by atoms with Gasteiger partial charge in [0.15, 0.2) is 6.29 Å². The molecule has 0 aliphatic carbocycles. The van der Waals surface area contributed by atoms with Gasteiger partial charge in [-0.3, -0.25) is 0 Å². The van der Waals surface area contributed by atoms with Crippen LogP contribution in [0.15, 0.2) is 0 Å². The molecule has 0 N–H and O–H groups in total. The van der Waals surface area contributed by atoms with Gasteiger partial charge in [0.2, 0.25) is 0 Å². The third-order valence-electron chi connectivity index (χ3n) is 0.947. The van der Waals surface area contributed by atoms with Crippen molar-refractivity contribution >= 4 is 0 Å². The van der Waals surface area contributed by atoms with Gasteiger partial charge in [-0.1, -0.05) is 6.92 Å². The molecule has 2 atom stereocenters. The minimum Gasteiger partial charge on any atom is -0.356 e. The van der Waals surface area contributed by atoms with Gasteiger partial charge < -0.3 is 9.47 Å². The number of rotatable bonds is 4. The molecule has 0 amide bonds. The summed E-state index contributed by atoms with van der Waals surface area (Å²) in [6.07, 6.45) is -0.103. The third kappa shape index (κ3) is 5.80. The average Bonchev–Trinajstić information content (AvgIpc) is 1.83. The van der Waals surface area contributed by atoms with E-state index in [2.05, 4.69) is 6.92 Å². The molecule has 0 spiro atoms. The Bertz CT molecular complexity index is 61.9.